The van der Waals surface area contributed by atoms with Gasteiger partial charge in [0.2, 0.25) is 0 Å². The molecule has 5 N–H and O–H groups in total. The molecule has 0 aromatic heterocycles. The van der Waals surface area contributed by atoms with Crippen LogP contribution in [-0.4, -0.2) is 69.8 Å². The zero-order valence-electron chi connectivity index (χ0n) is 7.11. The van der Waals surface area contributed by atoms with E-state index in [1.165, 1.54) is 0 Å². The number of rotatable bonds is 6. The lowest BCUT2D eigenvalue weighted by atomic mass is 10.0. The van der Waals surface area contributed by atoms with Gasteiger partial charge in [0.25, 0.3) is 0 Å². The van der Waals surface area contributed by atoms with Crippen LogP contribution in [0, 0.1) is 0 Å². The maximum atomic E-state index is 9.16. The molecular formula is C7H15NO5. The normalized spacial score (nSPS) is 20.4. The zero-order valence-corrected chi connectivity index (χ0v) is 7.11. The summed E-state index contributed by atoms with van der Waals surface area (Å²) in [7, 11) is 0. The second kappa shape index (κ2) is 6.01. The van der Waals surface area contributed by atoms with Crippen molar-refractivity contribution in [3.8, 4) is 0 Å². The molecule has 0 heterocycles. The third-order valence-corrected chi connectivity index (χ3v) is 1.64. The first-order chi connectivity index (χ1) is 6.04. The first-order valence-corrected chi connectivity index (χ1v) is 3.80. The van der Waals surface area contributed by atoms with Gasteiger partial charge in [-0.2, -0.15) is 0 Å². The molecule has 0 saturated heterocycles. The Morgan fingerprint density at radius 3 is 1.85 bits per heavy atom. The minimum atomic E-state index is -1.60. The molecule has 0 saturated carbocycles. The quantitative estimate of drug-likeness (QED) is 0.291. The number of hydrogen-bond acceptors (Lipinski definition) is 6. The fraction of sp³-hybridized carbons (Fsp3) is 0.857. The van der Waals surface area contributed by atoms with Gasteiger partial charge in [-0.25, -0.2) is 0 Å². The van der Waals surface area contributed by atoms with Crippen LogP contribution in [0.2, 0.25) is 0 Å². The van der Waals surface area contributed by atoms with E-state index in [1.54, 1.807) is 0 Å². The Bertz CT molecular complexity index is 154. The van der Waals surface area contributed by atoms with E-state index in [0.29, 0.717) is 0 Å². The van der Waals surface area contributed by atoms with Gasteiger partial charge in [0.15, 0.2) is 0 Å². The highest BCUT2D eigenvalue weighted by Gasteiger charge is 2.29. The Hall–Kier alpha value is -0.530. The molecule has 0 aliphatic heterocycles. The topological polar surface area (TPSA) is 114 Å². The van der Waals surface area contributed by atoms with Gasteiger partial charge in [-0.15, -0.1) is 0 Å². The van der Waals surface area contributed by atoms with Gasteiger partial charge in [0, 0.05) is 0 Å². The average molecular weight is 193 g/mol. The summed E-state index contributed by atoms with van der Waals surface area (Å²) in [4.78, 5) is 3.31. The number of aliphatic hydroxyl groups is 5. The van der Waals surface area contributed by atoms with Gasteiger partial charge < -0.3 is 25.5 Å². The number of hydrogen-bond donors (Lipinski definition) is 5. The van der Waals surface area contributed by atoms with Crippen molar-refractivity contribution in [3.05, 3.63) is 0 Å². The average Bonchev–Trinajstić information content (AvgIpc) is 2.14. The van der Waals surface area contributed by atoms with Gasteiger partial charge in [-0.05, 0) is 6.72 Å². The molecule has 78 valence electrons. The van der Waals surface area contributed by atoms with E-state index in [4.69, 9.17) is 25.5 Å². The Morgan fingerprint density at radius 2 is 1.46 bits per heavy atom. The molecule has 6 nitrogen and oxygen atoms in total. The molecule has 4 unspecified atom stereocenters. The summed E-state index contributed by atoms with van der Waals surface area (Å²) in [6.07, 6.45) is -5.92. The summed E-state index contributed by atoms with van der Waals surface area (Å²) in [5, 5.41) is 44.7. The van der Waals surface area contributed by atoms with Crippen molar-refractivity contribution in [3.63, 3.8) is 0 Å². The second-order valence-corrected chi connectivity index (χ2v) is 2.70. The van der Waals surface area contributed by atoms with Gasteiger partial charge in [-0.3, -0.25) is 4.99 Å². The minimum absolute atomic E-state index is 0.142. The summed E-state index contributed by atoms with van der Waals surface area (Å²) in [5.41, 5.74) is 0. The Kier molecular flexibility index (Phi) is 5.76. The van der Waals surface area contributed by atoms with Crippen molar-refractivity contribution in [2.75, 3.05) is 13.2 Å². The number of aliphatic imine (C=N–C) groups is 1. The van der Waals surface area contributed by atoms with Crippen LogP contribution >= 0.6 is 0 Å². The summed E-state index contributed by atoms with van der Waals surface area (Å²) < 4.78 is 0. The van der Waals surface area contributed by atoms with Crippen LogP contribution in [-0.2, 0) is 0 Å². The summed E-state index contributed by atoms with van der Waals surface area (Å²) in [6.45, 7) is 2.26. The zero-order chi connectivity index (χ0) is 10.4. The molecule has 4 atom stereocenters. The standard InChI is InChI=1S/C7H15NO5/c1-8-2-4(10)6(12)7(13)5(11)3-9/h4-7,9-13H,1-3H2. The first-order valence-electron chi connectivity index (χ1n) is 3.80. The second-order valence-electron chi connectivity index (χ2n) is 2.70. The van der Waals surface area contributed by atoms with Gasteiger partial charge in [0.1, 0.15) is 24.4 Å². The van der Waals surface area contributed by atoms with Crippen molar-refractivity contribution in [1.29, 1.82) is 0 Å². The highest BCUT2D eigenvalue weighted by atomic mass is 16.4. The van der Waals surface area contributed by atoms with Crippen molar-refractivity contribution in [2.24, 2.45) is 4.99 Å². The van der Waals surface area contributed by atoms with Gasteiger partial charge in [-0.1, -0.05) is 0 Å². The molecule has 0 fully saturated rings. The number of aliphatic hydroxyl groups excluding tert-OH is 5. The first kappa shape index (κ1) is 12.5. The third-order valence-electron chi connectivity index (χ3n) is 1.64. The highest BCUT2D eigenvalue weighted by Crippen LogP contribution is 2.04. The summed E-state index contributed by atoms with van der Waals surface area (Å²) in [6, 6.07) is 0. The molecule has 0 aliphatic carbocycles. The summed E-state index contributed by atoms with van der Waals surface area (Å²) >= 11 is 0. The largest absolute Gasteiger partial charge is 0.394 e. The Morgan fingerprint density at radius 1 is 1.00 bits per heavy atom. The molecule has 0 aromatic rings. The van der Waals surface area contributed by atoms with Crippen LogP contribution < -0.4 is 0 Å². The van der Waals surface area contributed by atoms with Crippen LogP contribution in [0.15, 0.2) is 4.99 Å². The molecular weight excluding hydrogens is 178 g/mol. The lowest BCUT2D eigenvalue weighted by molar-refractivity contribution is -0.112. The van der Waals surface area contributed by atoms with Crippen LogP contribution in [0.25, 0.3) is 0 Å². The van der Waals surface area contributed by atoms with E-state index in [1.807, 2.05) is 0 Å². The van der Waals surface area contributed by atoms with Crippen molar-refractivity contribution >= 4 is 6.72 Å². The molecule has 0 spiro atoms. The lowest BCUT2D eigenvalue weighted by Crippen LogP contribution is -2.46. The minimum Gasteiger partial charge on any atom is -0.394 e. The SMILES string of the molecule is C=NCC(O)C(O)C(O)C(O)CO. The molecule has 0 radical (unpaired) electrons. The molecule has 0 aliphatic rings. The third kappa shape index (κ3) is 3.79. The van der Waals surface area contributed by atoms with Crippen molar-refractivity contribution in [2.45, 2.75) is 24.4 Å². The van der Waals surface area contributed by atoms with Crippen LogP contribution in [0.4, 0.5) is 0 Å². The molecule has 0 amide bonds. The molecule has 0 aromatic carbocycles. The van der Waals surface area contributed by atoms with Crippen molar-refractivity contribution in [1.82, 2.24) is 0 Å². The monoisotopic (exact) mass is 193 g/mol. The molecule has 6 heteroatoms. The highest BCUT2D eigenvalue weighted by molar-refractivity contribution is 5.23. The predicted molar refractivity (Wildman–Crippen MR) is 45.5 cm³/mol. The van der Waals surface area contributed by atoms with Crippen LogP contribution in [0.1, 0.15) is 0 Å². The van der Waals surface area contributed by atoms with E-state index < -0.39 is 31.0 Å². The lowest BCUT2D eigenvalue weighted by Gasteiger charge is -2.24. The maximum Gasteiger partial charge on any atom is 0.111 e. The van der Waals surface area contributed by atoms with E-state index in [9.17, 15) is 0 Å². The Balaban J connectivity index is 4.06. The maximum absolute atomic E-state index is 9.16. The fourth-order valence-corrected chi connectivity index (χ4v) is 0.803. The summed E-state index contributed by atoms with van der Waals surface area (Å²) in [5.74, 6) is 0. The van der Waals surface area contributed by atoms with E-state index >= 15 is 0 Å². The van der Waals surface area contributed by atoms with E-state index in [0.717, 1.165) is 0 Å². The van der Waals surface area contributed by atoms with Crippen LogP contribution in [0.3, 0.4) is 0 Å². The van der Waals surface area contributed by atoms with E-state index in [2.05, 4.69) is 11.7 Å². The molecule has 0 rings (SSSR count). The molecule has 0 bridgehead atoms. The van der Waals surface area contributed by atoms with Gasteiger partial charge >= 0.3 is 0 Å². The van der Waals surface area contributed by atoms with Crippen molar-refractivity contribution < 1.29 is 25.5 Å². The fourth-order valence-electron chi connectivity index (χ4n) is 0.803. The Labute approximate surface area is 75.8 Å². The smallest absolute Gasteiger partial charge is 0.111 e. The van der Waals surface area contributed by atoms with Crippen LogP contribution in [0.5, 0.6) is 0 Å². The van der Waals surface area contributed by atoms with E-state index in [-0.39, 0.29) is 6.54 Å². The molecule has 13 heavy (non-hydrogen) atoms. The van der Waals surface area contributed by atoms with Gasteiger partial charge in [0.05, 0.1) is 13.2 Å². The predicted octanol–water partition coefficient (Wildman–Crippen LogP) is -2.88. The number of nitrogens with zero attached hydrogens (tertiary/aromatic N) is 1.